The van der Waals surface area contributed by atoms with Crippen LogP contribution in [0.5, 0.6) is 28.7 Å². The quantitative estimate of drug-likeness (QED) is 0.418. The van der Waals surface area contributed by atoms with Gasteiger partial charge in [0, 0.05) is 23.3 Å². The van der Waals surface area contributed by atoms with Gasteiger partial charge in [0.15, 0.2) is 0 Å². The van der Waals surface area contributed by atoms with Gasteiger partial charge < -0.3 is 28.8 Å². The molecule has 6 nitrogen and oxygen atoms in total. The lowest BCUT2D eigenvalue weighted by Gasteiger charge is -2.29. The summed E-state index contributed by atoms with van der Waals surface area (Å²) in [7, 11) is 3.13. The van der Waals surface area contributed by atoms with Gasteiger partial charge in [-0.3, -0.25) is 0 Å². The Hall–Kier alpha value is -3.80. The summed E-state index contributed by atoms with van der Waals surface area (Å²) in [5.74, 6) is 2.15. The van der Waals surface area contributed by atoms with Crippen molar-refractivity contribution in [1.29, 1.82) is 0 Å². The minimum absolute atomic E-state index is 0.00622. The first-order valence-electron chi connectivity index (χ1n) is 10.5. The maximum Gasteiger partial charge on any atom is 0.143 e. The Bertz CT molecular complexity index is 1310. The minimum atomic E-state index is -0.154. The molecule has 2 N–H and O–H groups in total. The van der Waals surface area contributed by atoms with Crippen LogP contribution in [0.4, 0.5) is 0 Å². The number of methoxy groups -OCH3 is 2. The Morgan fingerprint density at radius 1 is 0.969 bits per heavy atom. The van der Waals surface area contributed by atoms with Crippen LogP contribution in [0.15, 0.2) is 52.9 Å². The zero-order valence-electron chi connectivity index (χ0n) is 18.1. The maximum atomic E-state index is 10.9. The third-order valence-corrected chi connectivity index (χ3v) is 6.08. The highest BCUT2D eigenvalue weighted by Crippen LogP contribution is 2.51. The molecule has 0 spiro atoms. The van der Waals surface area contributed by atoms with Crippen molar-refractivity contribution in [1.82, 2.24) is 0 Å². The molecule has 0 unspecified atom stereocenters. The van der Waals surface area contributed by atoms with Crippen molar-refractivity contribution < 1.29 is 28.8 Å². The normalized spacial score (nSPS) is 15.3. The molecule has 164 valence electrons. The first-order chi connectivity index (χ1) is 15.5. The Morgan fingerprint density at radius 2 is 1.75 bits per heavy atom. The van der Waals surface area contributed by atoms with Crippen molar-refractivity contribution in [3.8, 4) is 40.1 Å². The van der Waals surface area contributed by atoms with E-state index in [0.29, 0.717) is 45.1 Å². The minimum Gasteiger partial charge on any atom is -0.507 e. The summed E-state index contributed by atoms with van der Waals surface area (Å²) in [6.07, 6.45) is 1.37. The fourth-order valence-electron chi connectivity index (χ4n) is 4.46. The van der Waals surface area contributed by atoms with Crippen LogP contribution >= 0.6 is 0 Å². The number of hydrogen-bond donors (Lipinski definition) is 2. The average Bonchev–Trinajstić information content (AvgIpc) is 3.22. The molecule has 0 saturated heterocycles. The first kappa shape index (κ1) is 20.1. The van der Waals surface area contributed by atoms with Crippen molar-refractivity contribution in [2.45, 2.75) is 25.9 Å². The van der Waals surface area contributed by atoms with E-state index in [4.69, 9.17) is 18.6 Å². The first-order valence-corrected chi connectivity index (χ1v) is 10.5. The van der Waals surface area contributed by atoms with E-state index in [2.05, 4.69) is 0 Å². The molecule has 0 aliphatic carbocycles. The molecule has 5 rings (SSSR count). The van der Waals surface area contributed by atoms with Crippen LogP contribution in [0.3, 0.4) is 0 Å². The number of benzene rings is 3. The molecule has 0 fully saturated rings. The number of phenolic OH excluding ortho intramolecular Hbond substituents is 2. The van der Waals surface area contributed by atoms with Gasteiger partial charge in [0.25, 0.3) is 0 Å². The molecule has 0 bridgehead atoms. The van der Waals surface area contributed by atoms with Crippen molar-refractivity contribution in [2.75, 3.05) is 14.2 Å². The van der Waals surface area contributed by atoms with Gasteiger partial charge in [0.1, 0.15) is 51.8 Å². The molecule has 4 aromatic rings. The van der Waals surface area contributed by atoms with E-state index in [-0.39, 0.29) is 17.6 Å². The third-order valence-electron chi connectivity index (χ3n) is 6.08. The Labute approximate surface area is 185 Å². The van der Waals surface area contributed by atoms with Gasteiger partial charge in [-0.05, 0) is 31.4 Å². The van der Waals surface area contributed by atoms with Gasteiger partial charge in [-0.1, -0.05) is 30.3 Å². The molecular formula is C26H24O6. The number of furan rings is 1. The number of hydrogen-bond acceptors (Lipinski definition) is 6. The van der Waals surface area contributed by atoms with Gasteiger partial charge >= 0.3 is 0 Å². The van der Waals surface area contributed by atoms with Crippen LogP contribution in [0.1, 0.15) is 29.2 Å². The Balaban J connectivity index is 1.70. The van der Waals surface area contributed by atoms with Gasteiger partial charge in [-0.2, -0.15) is 0 Å². The van der Waals surface area contributed by atoms with Crippen LogP contribution in [-0.2, 0) is 6.42 Å². The highest BCUT2D eigenvalue weighted by Gasteiger charge is 2.31. The zero-order chi connectivity index (χ0) is 22.4. The molecule has 0 radical (unpaired) electrons. The monoisotopic (exact) mass is 432 g/mol. The Morgan fingerprint density at radius 3 is 2.47 bits per heavy atom. The number of ether oxygens (including phenoxy) is 3. The van der Waals surface area contributed by atoms with Crippen LogP contribution in [0.2, 0.25) is 0 Å². The molecule has 1 atom stereocenters. The van der Waals surface area contributed by atoms with Crippen LogP contribution < -0.4 is 14.2 Å². The lowest BCUT2D eigenvalue weighted by atomic mass is 9.93. The van der Waals surface area contributed by atoms with E-state index in [1.807, 2.05) is 30.3 Å². The Kier molecular flexibility index (Phi) is 4.85. The summed E-state index contributed by atoms with van der Waals surface area (Å²) in [6.45, 7) is 1.78. The van der Waals surface area contributed by atoms with E-state index < -0.39 is 0 Å². The van der Waals surface area contributed by atoms with Gasteiger partial charge in [0.05, 0.1) is 19.6 Å². The van der Waals surface area contributed by atoms with Crippen LogP contribution in [0.25, 0.3) is 22.3 Å². The standard InChI is InChI=1S/C26H24O6/c1-14-18(27)12-22-17(25(14)30-3)11-23(31-22)24-19(28)13-21(29-2)16-9-10-20(32-26(16)24)15-7-5-4-6-8-15/h4-8,11-13,20,27-28H,9-10H2,1-3H3/t20-/m0/s1. The maximum absolute atomic E-state index is 10.9. The molecule has 1 aliphatic rings. The molecule has 0 saturated carbocycles. The number of aromatic hydroxyl groups is 2. The summed E-state index contributed by atoms with van der Waals surface area (Å²) in [4.78, 5) is 0. The fourth-order valence-corrected chi connectivity index (χ4v) is 4.46. The van der Waals surface area contributed by atoms with Crippen LogP contribution in [0, 0.1) is 6.92 Å². The molecule has 0 amide bonds. The van der Waals surface area contributed by atoms with Gasteiger partial charge in [-0.25, -0.2) is 0 Å². The third kappa shape index (κ3) is 3.11. The van der Waals surface area contributed by atoms with E-state index in [1.54, 1.807) is 39.3 Å². The molecular weight excluding hydrogens is 408 g/mol. The summed E-state index contributed by atoms with van der Waals surface area (Å²) >= 11 is 0. The molecule has 2 heterocycles. The predicted molar refractivity (Wildman–Crippen MR) is 121 cm³/mol. The van der Waals surface area contributed by atoms with Gasteiger partial charge in [0.2, 0.25) is 0 Å². The number of fused-ring (bicyclic) bond motifs is 2. The summed E-state index contributed by atoms with van der Waals surface area (Å²) < 4.78 is 23.6. The summed E-state index contributed by atoms with van der Waals surface area (Å²) in [6, 6.07) is 15.0. The SMILES string of the molecule is COc1cc(O)c(-c2cc3c(OC)c(C)c(O)cc3o2)c2c1CC[C@@H](c1ccccc1)O2. The van der Waals surface area contributed by atoms with E-state index >= 15 is 0 Å². The van der Waals surface area contributed by atoms with E-state index in [9.17, 15) is 10.2 Å². The molecule has 32 heavy (non-hydrogen) atoms. The van der Waals surface area contributed by atoms with E-state index in [0.717, 1.165) is 24.0 Å². The van der Waals surface area contributed by atoms with E-state index in [1.165, 1.54) is 0 Å². The fraction of sp³-hybridized carbons (Fsp3) is 0.231. The highest BCUT2D eigenvalue weighted by atomic mass is 16.5. The molecule has 1 aromatic heterocycles. The van der Waals surface area contributed by atoms with Gasteiger partial charge in [-0.15, -0.1) is 0 Å². The summed E-state index contributed by atoms with van der Waals surface area (Å²) in [5.41, 5.74) is 3.49. The topological polar surface area (TPSA) is 81.3 Å². The number of phenols is 2. The lowest BCUT2D eigenvalue weighted by Crippen LogP contribution is -2.16. The highest BCUT2D eigenvalue weighted by molar-refractivity contribution is 5.93. The molecule has 6 heteroatoms. The summed E-state index contributed by atoms with van der Waals surface area (Å²) in [5, 5.41) is 21.9. The van der Waals surface area contributed by atoms with Crippen LogP contribution in [-0.4, -0.2) is 24.4 Å². The second kappa shape index (κ2) is 7.71. The second-order valence-corrected chi connectivity index (χ2v) is 7.91. The van der Waals surface area contributed by atoms with Crippen molar-refractivity contribution in [3.63, 3.8) is 0 Å². The average molecular weight is 432 g/mol. The van der Waals surface area contributed by atoms with Crippen molar-refractivity contribution in [3.05, 3.63) is 65.2 Å². The number of rotatable bonds is 4. The second-order valence-electron chi connectivity index (χ2n) is 7.91. The van der Waals surface area contributed by atoms with Crippen molar-refractivity contribution >= 4 is 11.0 Å². The molecule has 1 aliphatic heterocycles. The lowest BCUT2D eigenvalue weighted by molar-refractivity contribution is 0.174. The smallest absolute Gasteiger partial charge is 0.143 e. The largest absolute Gasteiger partial charge is 0.507 e. The molecule has 3 aromatic carbocycles. The van der Waals surface area contributed by atoms with Crippen molar-refractivity contribution in [2.24, 2.45) is 0 Å². The zero-order valence-corrected chi connectivity index (χ0v) is 18.1. The predicted octanol–water partition coefficient (Wildman–Crippen LogP) is 5.90.